The third kappa shape index (κ3) is 2.26. The molecule has 0 aliphatic rings. The standard InChI is InChI=1S/C13H11BrN4O/c14-10-5-9(6-11(15)7-10)8-17-3-4-18-12(13(17)19)1-2-16-18/h1-7H,8,15H2. The van der Waals surface area contributed by atoms with E-state index in [1.807, 2.05) is 18.2 Å². The lowest BCUT2D eigenvalue weighted by molar-refractivity contribution is 0.743. The lowest BCUT2D eigenvalue weighted by Crippen LogP contribution is -2.21. The van der Waals surface area contributed by atoms with Gasteiger partial charge in [0.05, 0.1) is 12.7 Å². The normalized spacial score (nSPS) is 11.0. The maximum atomic E-state index is 12.2. The van der Waals surface area contributed by atoms with Gasteiger partial charge in [0.2, 0.25) is 0 Å². The molecule has 19 heavy (non-hydrogen) atoms. The van der Waals surface area contributed by atoms with Gasteiger partial charge in [-0.1, -0.05) is 15.9 Å². The van der Waals surface area contributed by atoms with Crippen LogP contribution in [0, 0.1) is 0 Å². The minimum atomic E-state index is -0.0708. The molecule has 0 amide bonds. The Hall–Kier alpha value is -2.08. The Bertz CT molecular complexity index is 786. The molecule has 6 heteroatoms. The average molecular weight is 319 g/mol. The number of benzene rings is 1. The Morgan fingerprint density at radius 3 is 2.89 bits per heavy atom. The molecule has 0 unspecified atom stereocenters. The molecule has 2 heterocycles. The van der Waals surface area contributed by atoms with E-state index >= 15 is 0 Å². The van der Waals surface area contributed by atoms with E-state index in [1.165, 1.54) is 0 Å². The van der Waals surface area contributed by atoms with Gasteiger partial charge in [0.25, 0.3) is 5.56 Å². The molecule has 1 aromatic carbocycles. The number of halogens is 1. The van der Waals surface area contributed by atoms with E-state index < -0.39 is 0 Å². The molecule has 0 bridgehead atoms. The second-order valence-corrected chi connectivity index (χ2v) is 5.20. The summed E-state index contributed by atoms with van der Waals surface area (Å²) in [5.74, 6) is 0. The fourth-order valence-corrected chi connectivity index (χ4v) is 2.61. The van der Waals surface area contributed by atoms with Gasteiger partial charge in [0.15, 0.2) is 0 Å². The van der Waals surface area contributed by atoms with Crippen LogP contribution in [0.2, 0.25) is 0 Å². The van der Waals surface area contributed by atoms with Gasteiger partial charge in [-0.15, -0.1) is 0 Å². The molecule has 3 rings (SSSR count). The van der Waals surface area contributed by atoms with E-state index in [4.69, 9.17) is 5.73 Å². The number of nitrogen functional groups attached to an aromatic ring is 1. The summed E-state index contributed by atoms with van der Waals surface area (Å²) in [7, 11) is 0. The predicted octanol–water partition coefficient (Wildman–Crippen LogP) is 1.89. The number of nitrogens with zero attached hydrogens (tertiary/aromatic N) is 3. The molecule has 0 saturated heterocycles. The summed E-state index contributed by atoms with van der Waals surface area (Å²) in [6.45, 7) is 0.476. The molecule has 0 radical (unpaired) electrons. The Kier molecular flexibility index (Phi) is 2.87. The molecule has 0 aliphatic heterocycles. The summed E-state index contributed by atoms with van der Waals surface area (Å²) in [5.41, 5.74) is 7.92. The van der Waals surface area contributed by atoms with Crippen molar-refractivity contribution in [3.8, 4) is 0 Å². The number of aromatic nitrogens is 3. The van der Waals surface area contributed by atoms with Crippen LogP contribution >= 0.6 is 15.9 Å². The van der Waals surface area contributed by atoms with Crippen molar-refractivity contribution >= 4 is 27.1 Å². The molecular weight excluding hydrogens is 308 g/mol. The molecule has 2 N–H and O–H groups in total. The fraction of sp³-hybridized carbons (Fsp3) is 0.0769. The molecule has 0 saturated carbocycles. The lowest BCUT2D eigenvalue weighted by atomic mass is 10.2. The van der Waals surface area contributed by atoms with Crippen LogP contribution in [-0.4, -0.2) is 14.2 Å². The molecule has 3 aromatic rings. The van der Waals surface area contributed by atoms with Gasteiger partial charge in [-0.05, 0) is 29.8 Å². The van der Waals surface area contributed by atoms with E-state index in [0.717, 1.165) is 10.0 Å². The minimum Gasteiger partial charge on any atom is -0.399 e. The first-order valence-corrected chi connectivity index (χ1v) is 6.50. The third-order valence-electron chi connectivity index (χ3n) is 2.87. The van der Waals surface area contributed by atoms with Gasteiger partial charge in [0, 0.05) is 22.6 Å². The largest absolute Gasteiger partial charge is 0.399 e. The van der Waals surface area contributed by atoms with Gasteiger partial charge in [0.1, 0.15) is 5.52 Å². The highest BCUT2D eigenvalue weighted by atomic mass is 79.9. The molecule has 0 aliphatic carbocycles. The van der Waals surface area contributed by atoms with Crippen molar-refractivity contribution in [2.45, 2.75) is 6.54 Å². The highest BCUT2D eigenvalue weighted by Crippen LogP contribution is 2.17. The zero-order valence-electron chi connectivity index (χ0n) is 9.95. The van der Waals surface area contributed by atoms with Gasteiger partial charge < -0.3 is 10.3 Å². The zero-order chi connectivity index (χ0) is 13.4. The highest BCUT2D eigenvalue weighted by Gasteiger charge is 2.05. The van der Waals surface area contributed by atoms with Crippen LogP contribution in [0.3, 0.4) is 0 Å². The maximum absolute atomic E-state index is 12.2. The number of nitrogens with two attached hydrogens (primary N) is 1. The molecule has 2 aromatic heterocycles. The Balaban J connectivity index is 2.05. The number of anilines is 1. The number of hydrogen-bond acceptors (Lipinski definition) is 3. The van der Waals surface area contributed by atoms with Gasteiger partial charge in [-0.25, -0.2) is 4.52 Å². The SMILES string of the molecule is Nc1cc(Br)cc(Cn2ccn3nccc3c2=O)c1. The second kappa shape index (κ2) is 4.55. The first-order chi connectivity index (χ1) is 9.13. The van der Waals surface area contributed by atoms with E-state index in [1.54, 1.807) is 33.7 Å². The average Bonchev–Trinajstić information content (AvgIpc) is 2.80. The molecule has 0 spiro atoms. The van der Waals surface area contributed by atoms with Crippen molar-refractivity contribution in [3.05, 3.63) is 63.2 Å². The number of fused-ring (bicyclic) bond motifs is 1. The van der Waals surface area contributed by atoms with E-state index in [2.05, 4.69) is 21.0 Å². The molecule has 96 valence electrons. The first-order valence-electron chi connectivity index (χ1n) is 5.71. The summed E-state index contributed by atoms with van der Waals surface area (Å²) in [6.07, 6.45) is 5.09. The van der Waals surface area contributed by atoms with Crippen LogP contribution in [0.5, 0.6) is 0 Å². The molecule has 5 nitrogen and oxygen atoms in total. The Morgan fingerprint density at radius 2 is 2.11 bits per heavy atom. The van der Waals surface area contributed by atoms with E-state index in [-0.39, 0.29) is 5.56 Å². The van der Waals surface area contributed by atoms with Crippen molar-refractivity contribution in [2.24, 2.45) is 0 Å². The lowest BCUT2D eigenvalue weighted by Gasteiger charge is -2.07. The monoisotopic (exact) mass is 318 g/mol. The van der Waals surface area contributed by atoms with Crippen molar-refractivity contribution in [1.82, 2.24) is 14.2 Å². The van der Waals surface area contributed by atoms with E-state index in [9.17, 15) is 4.79 Å². The number of hydrogen-bond donors (Lipinski definition) is 1. The van der Waals surface area contributed by atoms with Crippen LogP contribution in [0.25, 0.3) is 5.52 Å². The third-order valence-corrected chi connectivity index (χ3v) is 3.33. The quantitative estimate of drug-likeness (QED) is 0.734. The van der Waals surface area contributed by atoms with Crippen LogP contribution in [0.15, 0.2) is 52.1 Å². The van der Waals surface area contributed by atoms with Gasteiger partial charge >= 0.3 is 0 Å². The van der Waals surface area contributed by atoms with Crippen LogP contribution in [-0.2, 0) is 6.54 Å². The molecule has 0 fully saturated rings. The van der Waals surface area contributed by atoms with Gasteiger partial charge in [-0.2, -0.15) is 5.10 Å². The van der Waals surface area contributed by atoms with Crippen LogP contribution in [0.4, 0.5) is 5.69 Å². The second-order valence-electron chi connectivity index (χ2n) is 4.29. The zero-order valence-corrected chi connectivity index (χ0v) is 11.5. The summed E-state index contributed by atoms with van der Waals surface area (Å²) in [4.78, 5) is 12.2. The smallest absolute Gasteiger partial charge is 0.276 e. The highest BCUT2D eigenvalue weighted by molar-refractivity contribution is 9.10. The first kappa shape index (κ1) is 12.0. The van der Waals surface area contributed by atoms with Gasteiger partial charge in [-0.3, -0.25) is 4.79 Å². The summed E-state index contributed by atoms with van der Waals surface area (Å²) in [6, 6.07) is 7.34. The number of rotatable bonds is 2. The summed E-state index contributed by atoms with van der Waals surface area (Å²) < 4.78 is 4.10. The maximum Gasteiger partial charge on any atom is 0.276 e. The summed E-state index contributed by atoms with van der Waals surface area (Å²) >= 11 is 3.40. The Morgan fingerprint density at radius 1 is 1.26 bits per heavy atom. The molecule has 0 atom stereocenters. The predicted molar refractivity (Wildman–Crippen MR) is 77.1 cm³/mol. The van der Waals surface area contributed by atoms with Crippen molar-refractivity contribution < 1.29 is 0 Å². The van der Waals surface area contributed by atoms with E-state index in [0.29, 0.717) is 17.7 Å². The minimum absolute atomic E-state index is 0.0708. The fourth-order valence-electron chi connectivity index (χ4n) is 2.05. The van der Waals surface area contributed by atoms with Crippen molar-refractivity contribution in [1.29, 1.82) is 0 Å². The Labute approximate surface area is 117 Å². The topological polar surface area (TPSA) is 65.3 Å². The summed E-state index contributed by atoms with van der Waals surface area (Å²) in [5, 5.41) is 4.03. The van der Waals surface area contributed by atoms with Crippen molar-refractivity contribution in [3.63, 3.8) is 0 Å². The van der Waals surface area contributed by atoms with Crippen LogP contribution in [0.1, 0.15) is 5.56 Å². The van der Waals surface area contributed by atoms with Crippen molar-refractivity contribution in [2.75, 3.05) is 5.73 Å². The molecular formula is C13H11BrN4O. The van der Waals surface area contributed by atoms with Crippen LogP contribution < -0.4 is 11.3 Å².